The molecule has 9 nitrogen and oxygen atoms in total. The number of pyridine rings is 1. The molecule has 4 aromatic rings. The zero-order valence-electron chi connectivity index (χ0n) is 19.8. The monoisotopic (exact) mass is 526 g/mol. The van der Waals surface area contributed by atoms with Gasteiger partial charge in [0.15, 0.2) is 11.2 Å². The molecule has 1 aromatic carbocycles. The van der Waals surface area contributed by atoms with E-state index in [1.165, 1.54) is 18.5 Å². The van der Waals surface area contributed by atoms with Crippen LogP contribution in [-0.4, -0.2) is 29.4 Å². The van der Waals surface area contributed by atoms with Crippen molar-refractivity contribution in [3.05, 3.63) is 75.1 Å². The largest absolute Gasteiger partial charge is 0.483 e. The molecule has 1 fully saturated rings. The second-order valence-corrected chi connectivity index (χ2v) is 10.9. The molecule has 3 heterocycles. The standard InChI is InChI=1S/C25H23ClN4O5S/c1-13-8-18(24-19(9-13)22(31)14(2)23(35-24)16-10-27-12-28-11-16)15(3)34-20-6-7-21(26)29-25(20)36(32,33)30-17-4-5-17/h6-12,15,17,30H,4-5H2,1-3H3/t15-/m1/s1. The molecule has 3 aromatic heterocycles. The van der Waals surface area contributed by atoms with Crippen LogP contribution < -0.4 is 14.9 Å². The lowest BCUT2D eigenvalue weighted by atomic mass is 10.0. The number of halogens is 1. The summed E-state index contributed by atoms with van der Waals surface area (Å²) in [4.78, 5) is 25.4. The predicted molar refractivity (Wildman–Crippen MR) is 135 cm³/mol. The van der Waals surface area contributed by atoms with Crippen molar-refractivity contribution in [3.63, 3.8) is 0 Å². The van der Waals surface area contributed by atoms with Crippen LogP contribution in [0.2, 0.25) is 5.15 Å². The Hall–Kier alpha value is -3.34. The number of ether oxygens (including phenoxy) is 1. The Labute approximate surface area is 212 Å². The minimum atomic E-state index is -3.94. The minimum absolute atomic E-state index is 0.0309. The average molecular weight is 527 g/mol. The van der Waals surface area contributed by atoms with E-state index in [1.54, 1.807) is 32.3 Å². The van der Waals surface area contributed by atoms with Gasteiger partial charge in [0.1, 0.15) is 28.9 Å². The van der Waals surface area contributed by atoms with E-state index >= 15 is 0 Å². The number of nitrogens with one attached hydrogen (secondary N) is 1. The summed E-state index contributed by atoms with van der Waals surface area (Å²) in [6, 6.07) is 6.43. The summed E-state index contributed by atoms with van der Waals surface area (Å²) in [7, 11) is -3.94. The van der Waals surface area contributed by atoms with E-state index in [9.17, 15) is 13.2 Å². The van der Waals surface area contributed by atoms with Crippen molar-refractivity contribution in [3.8, 4) is 17.1 Å². The van der Waals surface area contributed by atoms with Crippen LogP contribution in [0, 0.1) is 13.8 Å². The highest BCUT2D eigenvalue weighted by atomic mass is 35.5. The van der Waals surface area contributed by atoms with Crippen molar-refractivity contribution in [2.45, 2.75) is 50.8 Å². The molecule has 186 valence electrons. The Balaban J connectivity index is 1.61. The molecule has 1 aliphatic rings. The molecule has 0 aliphatic heterocycles. The topological polar surface area (TPSA) is 124 Å². The van der Waals surface area contributed by atoms with Gasteiger partial charge in [-0.1, -0.05) is 11.6 Å². The molecular weight excluding hydrogens is 504 g/mol. The molecule has 36 heavy (non-hydrogen) atoms. The highest BCUT2D eigenvalue weighted by Crippen LogP contribution is 2.34. The maximum atomic E-state index is 13.3. The van der Waals surface area contributed by atoms with E-state index in [-0.39, 0.29) is 27.4 Å². The van der Waals surface area contributed by atoms with E-state index in [0.717, 1.165) is 18.4 Å². The quantitative estimate of drug-likeness (QED) is 0.349. The van der Waals surface area contributed by atoms with Gasteiger partial charge >= 0.3 is 0 Å². The van der Waals surface area contributed by atoms with Crippen LogP contribution >= 0.6 is 11.6 Å². The lowest BCUT2D eigenvalue weighted by molar-refractivity contribution is 0.219. The number of aromatic nitrogens is 3. The number of hydrogen-bond acceptors (Lipinski definition) is 8. The highest BCUT2D eigenvalue weighted by Gasteiger charge is 2.32. The maximum absolute atomic E-state index is 13.3. The van der Waals surface area contributed by atoms with Gasteiger partial charge in [0.05, 0.1) is 10.9 Å². The van der Waals surface area contributed by atoms with Gasteiger partial charge in [-0.2, -0.15) is 0 Å². The van der Waals surface area contributed by atoms with E-state index in [2.05, 4.69) is 19.7 Å². The van der Waals surface area contributed by atoms with Gasteiger partial charge in [0.2, 0.25) is 5.03 Å². The number of aryl methyl sites for hydroxylation is 1. The van der Waals surface area contributed by atoms with E-state index in [4.69, 9.17) is 20.8 Å². The fourth-order valence-corrected chi connectivity index (χ4v) is 5.56. The van der Waals surface area contributed by atoms with Gasteiger partial charge < -0.3 is 9.15 Å². The molecule has 5 rings (SSSR count). The molecule has 1 saturated carbocycles. The Bertz CT molecular complexity index is 1640. The van der Waals surface area contributed by atoms with Crippen LogP contribution in [0.1, 0.15) is 42.6 Å². The fourth-order valence-electron chi connectivity index (χ4n) is 3.98. The second-order valence-electron chi connectivity index (χ2n) is 8.84. The maximum Gasteiger partial charge on any atom is 0.262 e. The minimum Gasteiger partial charge on any atom is -0.483 e. The summed E-state index contributed by atoms with van der Waals surface area (Å²) in [5.41, 5.74) is 2.56. The number of nitrogens with zero attached hydrogens (tertiary/aromatic N) is 3. The molecule has 0 amide bonds. The fraction of sp³-hybridized carbons (Fsp3) is 0.280. The summed E-state index contributed by atoms with van der Waals surface area (Å²) in [6.45, 7) is 5.31. The molecule has 0 saturated heterocycles. The predicted octanol–water partition coefficient (Wildman–Crippen LogP) is 4.50. The summed E-state index contributed by atoms with van der Waals surface area (Å²) in [5.74, 6) is 0.399. The molecule has 0 unspecified atom stereocenters. The Morgan fingerprint density at radius 3 is 2.58 bits per heavy atom. The van der Waals surface area contributed by atoms with E-state index in [1.807, 2.05) is 13.0 Å². The van der Waals surface area contributed by atoms with E-state index < -0.39 is 16.1 Å². The van der Waals surface area contributed by atoms with Crippen LogP contribution in [0.25, 0.3) is 22.3 Å². The van der Waals surface area contributed by atoms with Crippen LogP contribution in [0.5, 0.6) is 5.75 Å². The number of benzene rings is 1. The van der Waals surface area contributed by atoms with Crippen molar-refractivity contribution in [1.82, 2.24) is 19.7 Å². The first-order valence-corrected chi connectivity index (χ1v) is 13.2. The first-order chi connectivity index (χ1) is 17.1. The molecule has 0 bridgehead atoms. The van der Waals surface area contributed by atoms with Gasteiger partial charge in [0, 0.05) is 29.6 Å². The summed E-state index contributed by atoms with van der Waals surface area (Å²) in [6.07, 6.45) is 5.38. The first-order valence-electron chi connectivity index (χ1n) is 11.3. The van der Waals surface area contributed by atoms with Gasteiger partial charge in [-0.05, 0) is 63.4 Å². The van der Waals surface area contributed by atoms with Crippen LogP contribution in [0.3, 0.4) is 0 Å². The van der Waals surface area contributed by atoms with Crippen molar-refractivity contribution in [2.24, 2.45) is 0 Å². The third kappa shape index (κ3) is 4.71. The average Bonchev–Trinajstić information content (AvgIpc) is 3.66. The number of sulfonamides is 1. The van der Waals surface area contributed by atoms with Gasteiger partial charge in [0.25, 0.3) is 10.0 Å². The van der Waals surface area contributed by atoms with Crippen molar-refractivity contribution in [2.75, 3.05) is 0 Å². The lowest BCUT2D eigenvalue weighted by Crippen LogP contribution is -2.27. The SMILES string of the molecule is Cc1cc([C@@H](C)Oc2ccc(Cl)nc2S(=O)(=O)NC2CC2)c2oc(-c3cncnc3)c(C)c(=O)c2c1. The van der Waals surface area contributed by atoms with Crippen molar-refractivity contribution in [1.29, 1.82) is 0 Å². The Morgan fingerprint density at radius 2 is 1.89 bits per heavy atom. The number of fused-ring (bicyclic) bond motifs is 1. The third-order valence-corrected chi connectivity index (χ3v) is 7.56. The first kappa shape index (κ1) is 24.4. The third-order valence-electron chi connectivity index (χ3n) is 5.90. The Morgan fingerprint density at radius 1 is 1.17 bits per heavy atom. The smallest absolute Gasteiger partial charge is 0.262 e. The normalized spacial score (nSPS) is 14.7. The number of hydrogen-bond donors (Lipinski definition) is 1. The summed E-state index contributed by atoms with van der Waals surface area (Å²) in [5, 5.41) is 0.143. The zero-order chi connectivity index (χ0) is 25.6. The highest BCUT2D eigenvalue weighted by molar-refractivity contribution is 7.89. The van der Waals surface area contributed by atoms with Crippen LogP contribution in [0.15, 0.2) is 57.2 Å². The Kier molecular flexibility index (Phi) is 6.27. The molecular formula is C25H23ClN4O5S. The molecule has 1 aliphatic carbocycles. The summed E-state index contributed by atoms with van der Waals surface area (Å²) >= 11 is 6.02. The number of rotatable bonds is 7. The molecule has 0 radical (unpaired) electrons. The van der Waals surface area contributed by atoms with Gasteiger partial charge in [-0.25, -0.2) is 28.1 Å². The second kappa shape index (κ2) is 9.27. The van der Waals surface area contributed by atoms with Gasteiger partial charge in [-0.3, -0.25) is 4.79 Å². The van der Waals surface area contributed by atoms with Crippen LogP contribution in [-0.2, 0) is 10.0 Å². The van der Waals surface area contributed by atoms with Crippen LogP contribution in [0.4, 0.5) is 0 Å². The van der Waals surface area contributed by atoms with E-state index in [0.29, 0.717) is 33.4 Å². The summed E-state index contributed by atoms with van der Waals surface area (Å²) < 4.78 is 40.9. The molecule has 1 atom stereocenters. The lowest BCUT2D eigenvalue weighted by Gasteiger charge is -2.19. The van der Waals surface area contributed by atoms with Gasteiger partial charge in [-0.15, -0.1) is 0 Å². The molecule has 1 N–H and O–H groups in total. The van der Waals surface area contributed by atoms with Crippen molar-refractivity contribution >= 4 is 32.6 Å². The molecule has 11 heteroatoms. The van der Waals surface area contributed by atoms with Crippen molar-refractivity contribution < 1.29 is 17.6 Å². The molecule has 0 spiro atoms. The zero-order valence-corrected chi connectivity index (χ0v) is 21.4.